The van der Waals surface area contributed by atoms with Crippen molar-refractivity contribution in [3.8, 4) is 0 Å². The summed E-state index contributed by atoms with van der Waals surface area (Å²) in [5, 5.41) is 9.67. The summed E-state index contributed by atoms with van der Waals surface area (Å²) in [6.45, 7) is 5.77. The number of carboxylic acids is 1. The van der Waals surface area contributed by atoms with Crippen LogP contribution in [0.15, 0.2) is 23.1 Å². The van der Waals surface area contributed by atoms with E-state index in [1.54, 1.807) is 4.90 Å². The van der Waals surface area contributed by atoms with Gasteiger partial charge in [0.25, 0.3) is 0 Å². The minimum Gasteiger partial charge on any atom is -0.481 e. The van der Waals surface area contributed by atoms with E-state index in [4.69, 9.17) is 4.74 Å². The molecule has 2 aliphatic heterocycles. The Labute approximate surface area is 146 Å². The molecule has 0 saturated carbocycles. The van der Waals surface area contributed by atoms with Crippen molar-refractivity contribution >= 4 is 23.6 Å². The first-order chi connectivity index (χ1) is 11.4. The number of carbonyl (C=O) groups is 2. The number of rotatable bonds is 4. The van der Waals surface area contributed by atoms with Crippen LogP contribution in [0.4, 0.5) is 0 Å². The molecule has 0 radical (unpaired) electrons. The van der Waals surface area contributed by atoms with E-state index in [1.807, 2.05) is 26.0 Å². The number of nitrogens with zero attached hydrogens (tertiary/aromatic N) is 1. The van der Waals surface area contributed by atoms with Gasteiger partial charge in [-0.25, -0.2) is 0 Å². The minimum atomic E-state index is -0.821. The lowest BCUT2D eigenvalue weighted by Gasteiger charge is -2.33. The van der Waals surface area contributed by atoms with Gasteiger partial charge in [0.05, 0.1) is 17.8 Å². The maximum atomic E-state index is 12.6. The molecule has 24 heavy (non-hydrogen) atoms. The largest absolute Gasteiger partial charge is 0.481 e. The van der Waals surface area contributed by atoms with Crippen LogP contribution in [-0.2, 0) is 14.3 Å². The van der Waals surface area contributed by atoms with Crippen LogP contribution < -0.4 is 0 Å². The molecule has 0 spiro atoms. The van der Waals surface area contributed by atoms with Crippen molar-refractivity contribution in [3.05, 3.63) is 29.3 Å². The number of thioether (sulfide) groups is 1. The summed E-state index contributed by atoms with van der Waals surface area (Å²) in [6, 6.07) is 6.19. The van der Waals surface area contributed by atoms with Crippen molar-refractivity contribution < 1.29 is 19.4 Å². The summed E-state index contributed by atoms with van der Waals surface area (Å²) in [6.07, 6.45) is 0.487. The third-order valence-corrected chi connectivity index (χ3v) is 6.33. The zero-order valence-corrected chi connectivity index (χ0v) is 14.9. The number of aliphatic carboxylic acids is 1. The number of fused-ring (bicyclic) bond motifs is 1. The lowest BCUT2D eigenvalue weighted by Crippen LogP contribution is -2.45. The van der Waals surface area contributed by atoms with E-state index in [1.165, 1.54) is 22.9 Å². The van der Waals surface area contributed by atoms with Crippen LogP contribution in [0, 0.1) is 25.2 Å². The van der Waals surface area contributed by atoms with Gasteiger partial charge in [0.2, 0.25) is 5.91 Å². The summed E-state index contributed by atoms with van der Waals surface area (Å²) in [7, 11) is 0. The molecular weight excluding hydrogens is 326 g/mol. The molecule has 2 saturated heterocycles. The number of likely N-dealkylation sites (tertiary alicyclic amines) is 1. The Morgan fingerprint density at radius 3 is 2.88 bits per heavy atom. The quantitative estimate of drug-likeness (QED) is 0.845. The van der Waals surface area contributed by atoms with Gasteiger partial charge in [0.1, 0.15) is 0 Å². The molecule has 130 valence electrons. The molecule has 1 amide bonds. The standard InChI is InChI=1S/C18H23NO4S/c1-12-3-4-15(13(2)7-12)24-10-16(20)19-8-14-9-23-6-5-18(14,11-19)17(21)22/h3-4,7,14H,5-6,8-11H2,1-2H3,(H,21,22)/t14-,18+/m0/s1. The SMILES string of the molecule is Cc1ccc(SCC(=O)N2C[C@H]3COCC[C@@]3(C(=O)O)C2)c(C)c1. The molecule has 1 aromatic carbocycles. The lowest BCUT2D eigenvalue weighted by atomic mass is 9.74. The number of hydrogen-bond acceptors (Lipinski definition) is 4. The average Bonchev–Trinajstić information content (AvgIpc) is 2.95. The number of benzene rings is 1. The summed E-state index contributed by atoms with van der Waals surface area (Å²) in [4.78, 5) is 27.2. The zero-order valence-electron chi connectivity index (χ0n) is 14.1. The van der Waals surface area contributed by atoms with Crippen molar-refractivity contribution in [1.82, 2.24) is 4.90 Å². The van der Waals surface area contributed by atoms with E-state index in [9.17, 15) is 14.7 Å². The topological polar surface area (TPSA) is 66.8 Å². The van der Waals surface area contributed by atoms with Crippen LogP contribution in [0.25, 0.3) is 0 Å². The van der Waals surface area contributed by atoms with Gasteiger partial charge in [0.15, 0.2) is 0 Å². The van der Waals surface area contributed by atoms with Crippen LogP contribution in [0.3, 0.4) is 0 Å². The van der Waals surface area contributed by atoms with Crippen LogP contribution in [0.2, 0.25) is 0 Å². The van der Waals surface area contributed by atoms with Crippen molar-refractivity contribution in [3.63, 3.8) is 0 Å². The molecule has 0 unspecified atom stereocenters. The first-order valence-corrected chi connectivity index (χ1v) is 9.20. The van der Waals surface area contributed by atoms with E-state index in [0.717, 1.165) is 4.90 Å². The number of carboxylic acid groups (broad SMARTS) is 1. The fraction of sp³-hybridized carbons (Fsp3) is 0.556. The Bertz CT molecular complexity index is 662. The van der Waals surface area contributed by atoms with E-state index in [2.05, 4.69) is 6.07 Å². The monoisotopic (exact) mass is 349 g/mol. The highest BCUT2D eigenvalue weighted by Gasteiger charge is 2.54. The second kappa shape index (κ2) is 6.76. The van der Waals surface area contributed by atoms with Gasteiger partial charge >= 0.3 is 5.97 Å². The Morgan fingerprint density at radius 2 is 2.21 bits per heavy atom. The Hall–Kier alpha value is -1.53. The highest BCUT2D eigenvalue weighted by Crippen LogP contribution is 2.42. The molecule has 2 atom stereocenters. The van der Waals surface area contributed by atoms with Crippen LogP contribution in [0.1, 0.15) is 17.5 Å². The smallest absolute Gasteiger partial charge is 0.311 e. The number of aryl methyl sites for hydroxylation is 2. The van der Waals surface area contributed by atoms with Gasteiger partial charge in [-0.05, 0) is 31.9 Å². The number of hydrogen-bond donors (Lipinski definition) is 1. The molecule has 3 rings (SSSR count). The number of carbonyl (C=O) groups excluding carboxylic acids is 1. The van der Waals surface area contributed by atoms with E-state index in [-0.39, 0.29) is 11.8 Å². The fourth-order valence-corrected chi connectivity index (χ4v) is 4.59. The third kappa shape index (κ3) is 3.17. The lowest BCUT2D eigenvalue weighted by molar-refractivity contribution is -0.157. The number of amides is 1. The first kappa shape index (κ1) is 17.3. The van der Waals surface area contributed by atoms with Crippen molar-refractivity contribution in [1.29, 1.82) is 0 Å². The molecule has 0 aromatic heterocycles. The zero-order chi connectivity index (χ0) is 17.3. The molecule has 6 heteroatoms. The van der Waals surface area contributed by atoms with Gasteiger partial charge in [-0.3, -0.25) is 9.59 Å². The van der Waals surface area contributed by atoms with Gasteiger partial charge in [0, 0.05) is 30.5 Å². The molecule has 0 bridgehead atoms. The maximum absolute atomic E-state index is 12.6. The first-order valence-electron chi connectivity index (χ1n) is 8.21. The van der Waals surface area contributed by atoms with Gasteiger partial charge in [-0.2, -0.15) is 0 Å². The molecule has 2 fully saturated rings. The van der Waals surface area contributed by atoms with Gasteiger partial charge in [-0.15, -0.1) is 11.8 Å². The summed E-state index contributed by atoms with van der Waals surface area (Å²) in [5.74, 6) is -0.547. The highest BCUT2D eigenvalue weighted by molar-refractivity contribution is 8.00. The predicted octanol–water partition coefficient (Wildman–Crippen LogP) is 2.35. The maximum Gasteiger partial charge on any atom is 0.311 e. The van der Waals surface area contributed by atoms with Crippen LogP contribution >= 0.6 is 11.8 Å². The van der Waals surface area contributed by atoms with Crippen LogP contribution in [-0.4, -0.2) is 53.9 Å². The Morgan fingerprint density at radius 1 is 1.42 bits per heavy atom. The molecule has 2 heterocycles. The van der Waals surface area contributed by atoms with Crippen molar-refractivity contribution in [2.75, 3.05) is 32.1 Å². The summed E-state index contributed by atoms with van der Waals surface area (Å²) in [5.41, 5.74) is 1.55. The Kier molecular flexibility index (Phi) is 4.88. The highest BCUT2D eigenvalue weighted by atomic mass is 32.2. The van der Waals surface area contributed by atoms with E-state index < -0.39 is 11.4 Å². The summed E-state index contributed by atoms with van der Waals surface area (Å²) >= 11 is 1.52. The molecule has 0 aliphatic carbocycles. The van der Waals surface area contributed by atoms with Crippen molar-refractivity contribution in [2.45, 2.75) is 25.2 Å². The molecular formula is C18H23NO4S. The Balaban J connectivity index is 1.65. The summed E-state index contributed by atoms with van der Waals surface area (Å²) < 4.78 is 5.44. The fourth-order valence-electron chi connectivity index (χ4n) is 3.68. The second-order valence-electron chi connectivity index (χ2n) is 6.82. The normalized spacial score (nSPS) is 26.2. The van der Waals surface area contributed by atoms with Gasteiger partial charge < -0.3 is 14.7 Å². The van der Waals surface area contributed by atoms with Gasteiger partial charge in [-0.1, -0.05) is 17.7 Å². The minimum absolute atomic E-state index is 0.00926. The second-order valence-corrected chi connectivity index (χ2v) is 7.83. The molecule has 5 nitrogen and oxygen atoms in total. The third-order valence-electron chi connectivity index (χ3n) is 5.17. The van der Waals surface area contributed by atoms with E-state index >= 15 is 0 Å². The molecule has 1 N–H and O–H groups in total. The number of ether oxygens (including phenoxy) is 1. The average molecular weight is 349 g/mol. The van der Waals surface area contributed by atoms with Crippen molar-refractivity contribution in [2.24, 2.45) is 11.3 Å². The van der Waals surface area contributed by atoms with Crippen LogP contribution in [0.5, 0.6) is 0 Å². The molecule has 1 aromatic rings. The predicted molar refractivity (Wildman–Crippen MR) is 92.2 cm³/mol. The molecule has 2 aliphatic rings. The van der Waals surface area contributed by atoms with E-state index in [0.29, 0.717) is 38.5 Å².